The van der Waals surface area contributed by atoms with Gasteiger partial charge in [0.2, 0.25) is 0 Å². The van der Waals surface area contributed by atoms with Gasteiger partial charge in [-0.3, -0.25) is 4.79 Å². The van der Waals surface area contributed by atoms with E-state index in [1.807, 2.05) is 19.2 Å². The summed E-state index contributed by atoms with van der Waals surface area (Å²) in [5, 5.41) is 11.7. The fraction of sp³-hybridized carbons (Fsp3) is 0.533. The van der Waals surface area contributed by atoms with E-state index in [4.69, 9.17) is 5.11 Å². The predicted octanol–water partition coefficient (Wildman–Crippen LogP) is 2.66. The molecule has 0 aliphatic heterocycles. The Balaban J connectivity index is 2.71. The molecule has 20 heavy (non-hydrogen) atoms. The summed E-state index contributed by atoms with van der Waals surface area (Å²) in [5.41, 5.74) is 1.01. The number of hydrogen-bond acceptors (Lipinski definition) is 4. The molecule has 5 heteroatoms. The SMILES string of the molecule is CSC(C)(C)CNC(=O)c1cc(C)c(C#CCCO)s1. The average molecular weight is 311 g/mol. The molecule has 0 unspecified atom stereocenters. The Bertz CT molecular complexity index is 524. The van der Waals surface area contributed by atoms with Gasteiger partial charge in [0, 0.05) is 17.7 Å². The average Bonchev–Trinajstić information content (AvgIpc) is 2.78. The van der Waals surface area contributed by atoms with Crippen LogP contribution in [0.2, 0.25) is 0 Å². The number of aryl methyl sites for hydroxylation is 1. The smallest absolute Gasteiger partial charge is 0.261 e. The van der Waals surface area contributed by atoms with Crippen LogP contribution < -0.4 is 5.32 Å². The van der Waals surface area contributed by atoms with Crippen LogP contribution in [-0.2, 0) is 0 Å². The maximum atomic E-state index is 12.1. The molecule has 0 fully saturated rings. The summed E-state index contributed by atoms with van der Waals surface area (Å²) in [5.74, 6) is 5.84. The Kier molecular flexibility index (Phi) is 6.60. The topological polar surface area (TPSA) is 49.3 Å². The number of thioether (sulfide) groups is 1. The van der Waals surface area contributed by atoms with Gasteiger partial charge in [-0.1, -0.05) is 11.8 Å². The van der Waals surface area contributed by atoms with Crippen molar-refractivity contribution in [2.24, 2.45) is 0 Å². The Morgan fingerprint density at radius 1 is 1.55 bits per heavy atom. The third kappa shape index (κ3) is 5.20. The van der Waals surface area contributed by atoms with Gasteiger partial charge >= 0.3 is 0 Å². The third-order valence-corrected chi connectivity index (χ3v) is 5.21. The van der Waals surface area contributed by atoms with E-state index < -0.39 is 0 Å². The first kappa shape index (κ1) is 17.1. The maximum Gasteiger partial charge on any atom is 0.261 e. The van der Waals surface area contributed by atoms with E-state index >= 15 is 0 Å². The zero-order valence-electron chi connectivity index (χ0n) is 12.4. The first-order valence-corrected chi connectivity index (χ1v) is 8.47. The normalized spacial score (nSPS) is 10.8. The Labute approximate surface area is 129 Å². The summed E-state index contributed by atoms with van der Waals surface area (Å²) in [4.78, 5) is 13.7. The van der Waals surface area contributed by atoms with Crippen molar-refractivity contribution < 1.29 is 9.90 Å². The monoisotopic (exact) mass is 311 g/mol. The summed E-state index contributed by atoms with van der Waals surface area (Å²) in [6.07, 6.45) is 2.50. The number of carbonyl (C=O) groups excluding carboxylic acids is 1. The Hall–Kier alpha value is -0.960. The number of thiophene rings is 1. The van der Waals surface area contributed by atoms with Gasteiger partial charge < -0.3 is 10.4 Å². The van der Waals surface area contributed by atoms with E-state index in [9.17, 15) is 4.79 Å². The summed E-state index contributed by atoms with van der Waals surface area (Å²) in [6, 6.07) is 1.87. The van der Waals surface area contributed by atoms with Gasteiger partial charge in [-0.15, -0.1) is 11.3 Å². The minimum absolute atomic E-state index is 0.0335. The van der Waals surface area contributed by atoms with Gasteiger partial charge in [0.25, 0.3) is 5.91 Å². The quantitative estimate of drug-likeness (QED) is 0.822. The molecule has 110 valence electrons. The molecule has 0 saturated carbocycles. The highest BCUT2D eigenvalue weighted by atomic mass is 32.2. The first-order chi connectivity index (χ1) is 9.39. The lowest BCUT2D eigenvalue weighted by Gasteiger charge is -2.21. The molecule has 0 aliphatic rings. The zero-order valence-corrected chi connectivity index (χ0v) is 14.0. The van der Waals surface area contributed by atoms with E-state index in [2.05, 4.69) is 31.0 Å². The molecule has 1 rings (SSSR count). The third-order valence-electron chi connectivity index (χ3n) is 2.81. The molecular weight excluding hydrogens is 290 g/mol. The minimum atomic E-state index is -0.0459. The lowest BCUT2D eigenvalue weighted by atomic mass is 10.2. The van der Waals surface area contributed by atoms with Crippen LogP contribution in [0.4, 0.5) is 0 Å². The fourth-order valence-electron chi connectivity index (χ4n) is 1.37. The van der Waals surface area contributed by atoms with Crippen molar-refractivity contribution in [2.45, 2.75) is 31.9 Å². The number of nitrogens with one attached hydrogen (secondary N) is 1. The van der Waals surface area contributed by atoms with E-state index in [0.717, 1.165) is 10.4 Å². The highest BCUT2D eigenvalue weighted by Crippen LogP contribution is 2.22. The number of hydrogen-bond donors (Lipinski definition) is 2. The Morgan fingerprint density at radius 2 is 2.25 bits per heavy atom. The van der Waals surface area contributed by atoms with Crippen molar-refractivity contribution in [2.75, 3.05) is 19.4 Å². The van der Waals surface area contributed by atoms with Gasteiger partial charge in [-0.2, -0.15) is 11.8 Å². The van der Waals surface area contributed by atoms with Gasteiger partial charge in [-0.25, -0.2) is 0 Å². The summed E-state index contributed by atoms with van der Waals surface area (Å²) < 4.78 is 0.0335. The zero-order chi connectivity index (χ0) is 15.2. The number of aliphatic hydroxyl groups is 1. The molecule has 1 aromatic rings. The molecule has 0 radical (unpaired) electrons. The van der Waals surface area contributed by atoms with Crippen molar-refractivity contribution in [1.29, 1.82) is 0 Å². The Morgan fingerprint density at radius 3 is 2.85 bits per heavy atom. The summed E-state index contributed by atoms with van der Waals surface area (Å²) in [7, 11) is 0. The van der Waals surface area contributed by atoms with Crippen molar-refractivity contribution in [3.8, 4) is 11.8 Å². The maximum absolute atomic E-state index is 12.1. The highest BCUT2D eigenvalue weighted by Gasteiger charge is 2.18. The van der Waals surface area contributed by atoms with Crippen LogP contribution in [0.5, 0.6) is 0 Å². The molecule has 1 aromatic heterocycles. The second-order valence-corrected chi connectivity index (χ2v) is 7.61. The lowest BCUT2D eigenvalue weighted by Crippen LogP contribution is -2.35. The van der Waals surface area contributed by atoms with Crippen LogP contribution in [0.15, 0.2) is 6.07 Å². The van der Waals surface area contributed by atoms with Crippen LogP contribution in [0.25, 0.3) is 0 Å². The van der Waals surface area contributed by atoms with Crippen molar-refractivity contribution in [1.82, 2.24) is 5.32 Å². The van der Waals surface area contributed by atoms with Crippen LogP contribution in [0.1, 0.15) is 40.4 Å². The van der Waals surface area contributed by atoms with Crippen molar-refractivity contribution >= 4 is 29.0 Å². The van der Waals surface area contributed by atoms with Crippen molar-refractivity contribution in [3.63, 3.8) is 0 Å². The highest BCUT2D eigenvalue weighted by molar-refractivity contribution is 7.99. The van der Waals surface area contributed by atoms with E-state index in [1.54, 1.807) is 11.8 Å². The predicted molar refractivity (Wildman–Crippen MR) is 87.6 cm³/mol. The molecule has 1 amide bonds. The molecule has 0 atom stereocenters. The summed E-state index contributed by atoms with van der Waals surface area (Å²) in [6.45, 7) is 6.85. The minimum Gasteiger partial charge on any atom is -0.395 e. The first-order valence-electron chi connectivity index (χ1n) is 6.43. The standard InChI is InChI=1S/C15H21NO2S2/c1-11-9-13(20-12(11)7-5-6-8-17)14(18)16-10-15(2,3)19-4/h9,17H,6,8,10H2,1-4H3,(H,16,18). The van der Waals surface area contributed by atoms with Crippen LogP contribution in [0.3, 0.4) is 0 Å². The number of rotatable bonds is 5. The van der Waals surface area contributed by atoms with Gasteiger partial charge in [0.15, 0.2) is 0 Å². The largest absolute Gasteiger partial charge is 0.395 e. The van der Waals surface area contributed by atoms with Crippen LogP contribution >= 0.6 is 23.1 Å². The van der Waals surface area contributed by atoms with E-state index in [0.29, 0.717) is 17.8 Å². The van der Waals surface area contributed by atoms with E-state index in [1.165, 1.54) is 11.3 Å². The van der Waals surface area contributed by atoms with Crippen LogP contribution in [0, 0.1) is 18.8 Å². The second-order valence-electron chi connectivity index (χ2n) is 5.04. The van der Waals surface area contributed by atoms with E-state index in [-0.39, 0.29) is 17.3 Å². The molecule has 0 saturated heterocycles. The molecular formula is C15H21NO2S2. The van der Waals surface area contributed by atoms with Crippen molar-refractivity contribution in [3.05, 3.63) is 21.4 Å². The van der Waals surface area contributed by atoms with Gasteiger partial charge in [0.1, 0.15) is 0 Å². The van der Waals surface area contributed by atoms with Gasteiger partial charge in [-0.05, 0) is 38.7 Å². The number of aliphatic hydroxyl groups excluding tert-OH is 1. The molecule has 0 aromatic carbocycles. The lowest BCUT2D eigenvalue weighted by molar-refractivity contribution is 0.0955. The summed E-state index contributed by atoms with van der Waals surface area (Å²) >= 11 is 3.13. The molecule has 0 spiro atoms. The molecule has 1 heterocycles. The molecule has 2 N–H and O–H groups in total. The number of amides is 1. The fourth-order valence-corrected chi connectivity index (χ4v) is 2.55. The number of carbonyl (C=O) groups is 1. The second kappa shape index (κ2) is 7.72. The molecule has 0 aliphatic carbocycles. The molecule has 3 nitrogen and oxygen atoms in total. The van der Waals surface area contributed by atoms with Gasteiger partial charge in [0.05, 0.1) is 16.4 Å². The van der Waals surface area contributed by atoms with Crippen LogP contribution in [-0.4, -0.2) is 35.2 Å². The molecule has 0 bridgehead atoms.